The Morgan fingerprint density at radius 3 is 2.47 bits per heavy atom. The van der Waals surface area contributed by atoms with Gasteiger partial charge >= 0.3 is 5.69 Å². The molecule has 1 amide bonds. The van der Waals surface area contributed by atoms with Crippen LogP contribution in [0, 0.1) is 6.92 Å². The number of nitrogens with zero attached hydrogens (tertiary/aromatic N) is 3. The van der Waals surface area contributed by atoms with Crippen molar-refractivity contribution in [1.82, 2.24) is 19.7 Å². The van der Waals surface area contributed by atoms with Gasteiger partial charge in [0.05, 0.1) is 26.5 Å². The highest BCUT2D eigenvalue weighted by Gasteiger charge is 2.21. The Morgan fingerprint density at radius 1 is 1.03 bits per heavy atom. The van der Waals surface area contributed by atoms with Crippen LogP contribution in [0.4, 0.5) is 0 Å². The smallest absolute Gasteiger partial charge is 0.352 e. The molecule has 34 heavy (non-hydrogen) atoms. The Kier molecular flexibility index (Phi) is 8.20. The van der Waals surface area contributed by atoms with E-state index in [0.717, 1.165) is 20.4 Å². The van der Waals surface area contributed by atoms with Crippen molar-refractivity contribution in [2.75, 3.05) is 34.5 Å². The molecule has 1 aromatic heterocycles. The average Bonchev–Trinajstić information content (AvgIpc) is 2.84. The van der Waals surface area contributed by atoms with Crippen molar-refractivity contribution in [3.63, 3.8) is 0 Å². The molecule has 0 saturated heterocycles. The first kappa shape index (κ1) is 24.7. The van der Waals surface area contributed by atoms with E-state index in [1.807, 2.05) is 31.2 Å². The lowest BCUT2D eigenvalue weighted by atomic mass is 10.1. The van der Waals surface area contributed by atoms with Gasteiger partial charge < -0.3 is 19.5 Å². The Bertz CT molecular complexity index is 1280. The molecule has 0 aliphatic carbocycles. The number of rotatable bonds is 10. The van der Waals surface area contributed by atoms with Crippen molar-refractivity contribution in [3.05, 3.63) is 80.1 Å². The summed E-state index contributed by atoms with van der Waals surface area (Å²) in [5, 5.41) is 6.78. The second-order valence-corrected chi connectivity index (χ2v) is 7.56. The molecular weight excluding hydrogens is 440 g/mol. The molecule has 0 spiro atoms. The van der Waals surface area contributed by atoms with Gasteiger partial charge in [-0.2, -0.15) is 9.78 Å². The lowest BCUT2D eigenvalue weighted by molar-refractivity contribution is 0.0938. The monoisotopic (exact) mass is 468 g/mol. The third-order valence-corrected chi connectivity index (χ3v) is 5.12. The van der Waals surface area contributed by atoms with Gasteiger partial charge in [-0.15, -0.1) is 0 Å². The zero-order chi connectivity index (χ0) is 24.7. The van der Waals surface area contributed by atoms with Crippen LogP contribution in [-0.4, -0.2) is 54.7 Å². The Balaban J connectivity index is 2.14. The van der Waals surface area contributed by atoms with E-state index >= 15 is 0 Å². The number of aromatic nitrogens is 3. The molecule has 0 atom stereocenters. The van der Waals surface area contributed by atoms with E-state index in [-0.39, 0.29) is 12.2 Å². The largest absolute Gasteiger partial charge is 0.493 e. The van der Waals surface area contributed by atoms with Crippen LogP contribution in [0.25, 0.3) is 5.69 Å². The first-order valence-corrected chi connectivity index (χ1v) is 10.7. The van der Waals surface area contributed by atoms with Gasteiger partial charge in [0.25, 0.3) is 11.5 Å². The molecule has 0 unspecified atom stereocenters. The number of benzene rings is 2. The zero-order valence-corrected chi connectivity index (χ0v) is 19.7. The van der Waals surface area contributed by atoms with Gasteiger partial charge in [-0.25, -0.2) is 4.79 Å². The molecule has 10 nitrogen and oxygen atoms in total. The second-order valence-electron chi connectivity index (χ2n) is 7.56. The maximum Gasteiger partial charge on any atom is 0.352 e. The van der Waals surface area contributed by atoms with Gasteiger partial charge in [0.1, 0.15) is 0 Å². The fraction of sp³-hybridized carbons (Fsp3) is 0.333. The van der Waals surface area contributed by atoms with Crippen molar-refractivity contribution in [2.45, 2.75) is 19.9 Å². The highest BCUT2D eigenvalue weighted by atomic mass is 16.5. The van der Waals surface area contributed by atoms with Crippen LogP contribution in [0.1, 0.15) is 28.0 Å². The Morgan fingerprint density at radius 2 is 1.79 bits per heavy atom. The van der Waals surface area contributed by atoms with Gasteiger partial charge in [-0.05, 0) is 31.0 Å². The number of ether oxygens (including phenoxy) is 3. The van der Waals surface area contributed by atoms with Crippen molar-refractivity contribution >= 4 is 5.91 Å². The van der Waals surface area contributed by atoms with E-state index in [1.165, 1.54) is 14.2 Å². The average molecular weight is 469 g/mol. The molecule has 3 aromatic rings. The molecule has 0 aliphatic heterocycles. The fourth-order valence-electron chi connectivity index (χ4n) is 3.42. The maximum absolute atomic E-state index is 13.4. The summed E-state index contributed by atoms with van der Waals surface area (Å²) in [6, 6.07) is 12.2. The lowest BCUT2D eigenvalue weighted by Crippen LogP contribution is -2.46. The maximum atomic E-state index is 13.4. The number of aryl methyl sites for hydroxylation is 1. The van der Waals surface area contributed by atoms with Crippen LogP contribution < -0.4 is 26.0 Å². The summed E-state index contributed by atoms with van der Waals surface area (Å²) in [6.45, 7) is 2.65. The number of hydrogen-bond donors (Lipinski definition) is 1. The predicted molar refractivity (Wildman–Crippen MR) is 126 cm³/mol. The van der Waals surface area contributed by atoms with Gasteiger partial charge in [0.2, 0.25) is 5.69 Å². The molecule has 2 aromatic carbocycles. The van der Waals surface area contributed by atoms with Gasteiger partial charge in [0.15, 0.2) is 11.5 Å². The number of nitrogens with one attached hydrogen (secondary N) is 1. The molecule has 180 valence electrons. The summed E-state index contributed by atoms with van der Waals surface area (Å²) in [6.07, 6.45) is 0.565. The number of amides is 1. The van der Waals surface area contributed by atoms with Crippen LogP contribution in [0.5, 0.6) is 11.5 Å². The first-order valence-electron chi connectivity index (χ1n) is 10.7. The number of carbonyl (C=O) groups excluding carboxylic acids is 1. The summed E-state index contributed by atoms with van der Waals surface area (Å²) in [5.74, 6) is 0.160. The third-order valence-electron chi connectivity index (χ3n) is 5.12. The predicted octanol–water partition coefficient (Wildman–Crippen LogP) is 1.53. The summed E-state index contributed by atoms with van der Waals surface area (Å²) in [4.78, 5) is 39.3. The highest BCUT2D eigenvalue weighted by molar-refractivity contribution is 5.91. The van der Waals surface area contributed by atoms with Crippen molar-refractivity contribution < 1.29 is 19.0 Å². The molecule has 0 aliphatic rings. The van der Waals surface area contributed by atoms with Gasteiger partial charge in [0, 0.05) is 26.3 Å². The van der Waals surface area contributed by atoms with Crippen LogP contribution >= 0.6 is 0 Å². The molecule has 10 heteroatoms. The molecule has 0 saturated carbocycles. The summed E-state index contributed by atoms with van der Waals surface area (Å²) in [5.41, 5.74) is 0.197. The van der Waals surface area contributed by atoms with Crippen LogP contribution in [0.2, 0.25) is 0 Å². The van der Waals surface area contributed by atoms with E-state index < -0.39 is 17.2 Å². The van der Waals surface area contributed by atoms with Crippen molar-refractivity contribution in [2.24, 2.45) is 0 Å². The Hall–Kier alpha value is -3.92. The van der Waals surface area contributed by atoms with Crippen molar-refractivity contribution in [1.29, 1.82) is 0 Å². The highest BCUT2D eigenvalue weighted by Crippen LogP contribution is 2.28. The number of methoxy groups -OCH3 is 3. The number of hydrogen-bond acceptors (Lipinski definition) is 7. The molecular formula is C24H28N4O6. The molecule has 1 N–H and O–H groups in total. The quantitative estimate of drug-likeness (QED) is 0.449. The van der Waals surface area contributed by atoms with Crippen LogP contribution in [0.15, 0.2) is 52.1 Å². The number of carbonyl (C=O) groups is 1. The van der Waals surface area contributed by atoms with Crippen LogP contribution in [0.3, 0.4) is 0 Å². The molecule has 0 fully saturated rings. The van der Waals surface area contributed by atoms with E-state index in [9.17, 15) is 14.4 Å². The third kappa shape index (κ3) is 5.52. The van der Waals surface area contributed by atoms with Gasteiger partial charge in [-0.1, -0.05) is 29.8 Å². The normalized spacial score (nSPS) is 10.7. The minimum atomic E-state index is -0.771. The standard InChI is InChI=1S/C24H28N4O6/c1-16-7-5-8-17(13-16)15-27-23(30)21(22(29)25-11-6-12-32-2)26-28(24(27)31)18-9-10-19(33-3)20(14-18)34-4/h5,7-10,13-14H,6,11-12,15H2,1-4H3,(H,25,29). The Labute approximate surface area is 196 Å². The van der Waals surface area contributed by atoms with E-state index in [1.54, 1.807) is 25.3 Å². The molecule has 3 rings (SSSR count). The van der Waals surface area contributed by atoms with Crippen molar-refractivity contribution in [3.8, 4) is 17.2 Å². The van der Waals surface area contributed by atoms with Gasteiger partial charge in [-0.3, -0.25) is 14.2 Å². The zero-order valence-electron chi connectivity index (χ0n) is 19.7. The summed E-state index contributed by atoms with van der Waals surface area (Å²) >= 11 is 0. The SMILES string of the molecule is COCCCNC(=O)c1nn(-c2ccc(OC)c(OC)c2)c(=O)n(Cc2cccc(C)c2)c1=O. The van der Waals surface area contributed by atoms with E-state index in [2.05, 4.69) is 10.4 Å². The minimum absolute atomic E-state index is 0.0148. The lowest BCUT2D eigenvalue weighted by Gasteiger charge is -2.14. The molecule has 0 radical (unpaired) electrons. The first-order chi connectivity index (χ1) is 16.4. The van der Waals surface area contributed by atoms with Crippen LogP contribution in [-0.2, 0) is 11.3 Å². The molecule has 0 bridgehead atoms. The summed E-state index contributed by atoms with van der Waals surface area (Å²) in [7, 11) is 4.53. The fourth-order valence-corrected chi connectivity index (χ4v) is 3.42. The minimum Gasteiger partial charge on any atom is -0.493 e. The van der Waals surface area contributed by atoms with E-state index in [0.29, 0.717) is 36.8 Å². The summed E-state index contributed by atoms with van der Waals surface area (Å²) < 4.78 is 17.6. The topological polar surface area (TPSA) is 114 Å². The second kappa shape index (κ2) is 11.3. The molecule has 1 heterocycles. The van der Waals surface area contributed by atoms with E-state index in [4.69, 9.17) is 14.2 Å².